The molecular formula is C17H34N2O. The highest BCUT2D eigenvalue weighted by atomic mass is 16.5. The monoisotopic (exact) mass is 282 g/mol. The lowest BCUT2D eigenvalue weighted by Gasteiger charge is -2.35. The van der Waals surface area contributed by atoms with Crippen LogP contribution in [0.5, 0.6) is 0 Å². The molecule has 118 valence electrons. The van der Waals surface area contributed by atoms with Crippen molar-refractivity contribution in [3.63, 3.8) is 0 Å². The van der Waals surface area contributed by atoms with Gasteiger partial charge in [0, 0.05) is 25.7 Å². The predicted octanol–water partition coefficient (Wildman–Crippen LogP) is 2.90. The van der Waals surface area contributed by atoms with Crippen LogP contribution in [0.4, 0.5) is 0 Å². The van der Waals surface area contributed by atoms with Gasteiger partial charge in [-0.15, -0.1) is 0 Å². The van der Waals surface area contributed by atoms with Crippen LogP contribution in [0.15, 0.2) is 0 Å². The molecule has 1 aliphatic heterocycles. The molecule has 0 aromatic carbocycles. The van der Waals surface area contributed by atoms with Crippen molar-refractivity contribution in [3.05, 3.63) is 0 Å². The zero-order valence-electron chi connectivity index (χ0n) is 13.7. The molecule has 1 unspecified atom stereocenters. The Balaban J connectivity index is 1.54. The molecule has 1 saturated carbocycles. The fraction of sp³-hybridized carbons (Fsp3) is 1.00. The summed E-state index contributed by atoms with van der Waals surface area (Å²) in [5, 5.41) is 3.62. The van der Waals surface area contributed by atoms with E-state index >= 15 is 0 Å². The SMILES string of the molecule is CC1CCC(CCNCC2CN(C(C)C)CCO2)CC1. The van der Waals surface area contributed by atoms with Gasteiger partial charge in [0.1, 0.15) is 0 Å². The number of nitrogens with zero attached hydrogens (tertiary/aromatic N) is 1. The molecule has 0 amide bonds. The van der Waals surface area contributed by atoms with E-state index in [1.165, 1.54) is 38.6 Å². The molecule has 1 heterocycles. The van der Waals surface area contributed by atoms with Crippen LogP contribution >= 0.6 is 0 Å². The van der Waals surface area contributed by atoms with Gasteiger partial charge >= 0.3 is 0 Å². The summed E-state index contributed by atoms with van der Waals surface area (Å²) in [6, 6.07) is 0.644. The van der Waals surface area contributed by atoms with Crippen molar-refractivity contribution in [3.8, 4) is 0 Å². The van der Waals surface area contributed by atoms with Crippen molar-refractivity contribution in [2.24, 2.45) is 11.8 Å². The summed E-state index contributed by atoms with van der Waals surface area (Å²) < 4.78 is 5.86. The molecule has 1 saturated heterocycles. The largest absolute Gasteiger partial charge is 0.374 e. The maximum atomic E-state index is 5.86. The maximum absolute atomic E-state index is 5.86. The summed E-state index contributed by atoms with van der Waals surface area (Å²) in [4.78, 5) is 2.53. The molecular weight excluding hydrogens is 248 g/mol. The minimum atomic E-state index is 0.387. The van der Waals surface area contributed by atoms with Crippen LogP contribution in [0, 0.1) is 11.8 Å². The molecule has 0 radical (unpaired) electrons. The second-order valence-corrected chi connectivity index (χ2v) is 7.20. The fourth-order valence-electron chi connectivity index (χ4n) is 3.52. The lowest BCUT2D eigenvalue weighted by atomic mass is 9.81. The summed E-state index contributed by atoms with van der Waals surface area (Å²) in [5.74, 6) is 1.94. The molecule has 20 heavy (non-hydrogen) atoms. The summed E-state index contributed by atoms with van der Waals surface area (Å²) in [6.07, 6.45) is 7.53. The number of nitrogens with one attached hydrogen (secondary N) is 1. The van der Waals surface area contributed by atoms with Gasteiger partial charge in [0.15, 0.2) is 0 Å². The fourth-order valence-corrected chi connectivity index (χ4v) is 3.52. The zero-order chi connectivity index (χ0) is 14.4. The Morgan fingerprint density at radius 3 is 2.65 bits per heavy atom. The lowest BCUT2D eigenvalue weighted by molar-refractivity contribution is -0.0371. The predicted molar refractivity (Wildman–Crippen MR) is 85.1 cm³/mol. The Morgan fingerprint density at radius 2 is 1.95 bits per heavy atom. The standard InChI is InChI=1S/C17H34N2O/c1-14(2)19-10-11-20-17(13-19)12-18-9-8-16-6-4-15(3)5-7-16/h14-18H,4-13H2,1-3H3. The number of morpholine rings is 1. The van der Waals surface area contributed by atoms with Crippen LogP contribution in [0.2, 0.25) is 0 Å². The third kappa shape index (κ3) is 5.34. The molecule has 1 atom stereocenters. The van der Waals surface area contributed by atoms with Gasteiger partial charge in [-0.05, 0) is 38.6 Å². The summed E-state index contributed by atoms with van der Waals surface area (Å²) in [7, 11) is 0. The van der Waals surface area contributed by atoms with Crippen LogP contribution in [-0.2, 0) is 4.74 Å². The van der Waals surface area contributed by atoms with Crippen LogP contribution in [0.25, 0.3) is 0 Å². The van der Waals surface area contributed by atoms with Crippen LogP contribution in [0.1, 0.15) is 52.9 Å². The van der Waals surface area contributed by atoms with E-state index in [0.29, 0.717) is 12.1 Å². The van der Waals surface area contributed by atoms with Crippen LogP contribution in [0.3, 0.4) is 0 Å². The average molecular weight is 282 g/mol. The van der Waals surface area contributed by atoms with Gasteiger partial charge in [0.25, 0.3) is 0 Å². The topological polar surface area (TPSA) is 24.5 Å². The summed E-state index contributed by atoms with van der Waals surface area (Å²) >= 11 is 0. The smallest absolute Gasteiger partial charge is 0.0826 e. The minimum absolute atomic E-state index is 0.387. The van der Waals surface area contributed by atoms with Crippen LogP contribution < -0.4 is 5.32 Å². The quantitative estimate of drug-likeness (QED) is 0.758. The van der Waals surface area contributed by atoms with Crippen molar-refractivity contribution in [1.29, 1.82) is 0 Å². The van der Waals surface area contributed by atoms with E-state index in [1.54, 1.807) is 0 Å². The van der Waals surface area contributed by atoms with E-state index in [2.05, 4.69) is 31.0 Å². The molecule has 2 fully saturated rings. The molecule has 0 aromatic rings. The molecule has 2 aliphatic rings. The summed E-state index contributed by atoms with van der Waals surface area (Å²) in [5.41, 5.74) is 0. The third-order valence-electron chi connectivity index (χ3n) is 5.14. The third-order valence-corrected chi connectivity index (χ3v) is 5.14. The maximum Gasteiger partial charge on any atom is 0.0826 e. The molecule has 0 spiro atoms. The first-order valence-electron chi connectivity index (χ1n) is 8.71. The Bertz CT molecular complexity index is 262. The Hall–Kier alpha value is -0.120. The van der Waals surface area contributed by atoms with E-state index in [0.717, 1.165) is 38.1 Å². The van der Waals surface area contributed by atoms with Gasteiger partial charge in [-0.25, -0.2) is 0 Å². The first-order valence-corrected chi connectivity index (χ1v) is 8.71. The second kappa shape index (κ2) is 8.35. The van der Waals surface area contributed by atoms with Crippen molar-refractivity contribution >= 4 is 0 Å². The highest BCUT2D eigenvalue weighted by molar-refractivity contribution is 4.76. The highest BCUT2D eigenvalue weighted by Crippen LogP contribution is 2.29. The molecule has 0 bridgehead atoms. The molecule has 1 N–H and O–H groups in total. The lowest BCUT2D eigenvalue weighted by Crippen LogP contribution is -2.49. The van der Waals surface area contributed by atoms with Gasteiger partial charge in [-0.1, -0.05) is 32.6 Å². The number of rotatable bonds is 6. The average Bonchev–Trinajstić information content (AvgIpc) is 2.46. The van der Waals surface area contributed by atoms with Gasteiger partial charge in [0.05, 0.1) is 12.7 Å². The van der Waals surface area contributed by atoms with Crippen molar-refractivity contribution in [2.45, 2.75) is 65.0 Å². The Morgan fingerprint density at radius 1 is 1.20 bits per heavy atom. The molecule has 1 aliphatic carbocycles. The van der Waals surface area contributed by atoms with Crippen molar-refractivity contribution in [2.75, 3.05) is 32.8 Å². The normalized spacial score (nSPS) is 32.7. The van der Waals surface area contributed by atoms with Gasteiger partial charge in [-0.2, -0.15) is 0 Å². The number of ether oxygens (including phenoxy) is 1. The van der Waals surface area contributed by atoms with E-state index in [9.17, 15) is 0 Å². The van der Waals surface area contributed by atoms with Gasteiger partial charge < -0.3 is 10.1 Å². The second-order valence-electron chi connectivity index (χ2n) is 7.20. The minimum Gasteiger partial charge on any atom is -0.374 e. The molecule has 3 heteroatoms. The number of hydrogen-bond donors (Lipinski definition) is 1. The van der Waals surface area contributed by atoms with E-state index < -0.39 is 0 Å². The van der Waals surface area contributed by atoms with Crippen molar-refractivity contribution < 1.29 is 4.74 Å². The first-order chi connectivity index (χ1) is 9.65. The van der Waals surface area contributed by atoms with Crippen LogP contribution in [-0.4, -0.2) is 49.8 Å². The van der Waals surface area contributed by atoms with Crippen molar-refractivity contribution in [1.82, 2.24) is 10.2 Å². The van der Waals surface area contributed by atoms with E-state index in [-0.39, 0.29) is 0 Å². The van der Waals surface area contributed by atoms with E-state index in [1.807, 2.05) is 0 Å². The zero-order valence-corrected chi connectivity index (χ0v) is 13.7. The number of hydrogen-bond acceptors (Lipinski definition) is 3. The highest BCUT2D eigenvalue weighted by Gasteiger charge is 2.22. The Kier molecular flexibility index (Phi) is 6.79. The Labute approximate surface area is 125 Å². The molecule has 2 rings (SSSR count). The van der Waals surface area contributed by atoms with Gasteiger partial charge in [0.2, 0.25) is 0 Å². The summed E-state index contributed by atoms with van der Waals surface area (Å²) in [6.45, 7) is 12.2. The molecule has 3 nitrogen and oxygen atoms in total. The molecule has 0 aromatic heterocycles. The first kappa shape index (κ1) is 16.3. The van der Waals surface area contributed by atoms with Gasteiger partial charge in [-0.3, -0.25) is 4.90 Å². The van der Waals surface area contributed by atoms with E-state index in [4.69, 9.17) is 4.74 Å².